The van der Waals surface area contributed by atoms with Crippen molar-refractivity contribution in [3.05, 3.63) is 0 Å². The third-order valence-electron chi connectivity index (χ3n) is 2.81. The summed E-state index contributed by atoms with van der Waals surface area (Å²) in [5, 5.41) is 0. The third kappa shape index (κ3) is 3.28. The van der Waals surface area contributed by atoms with Crippen molar-refractivity contribution < 1.29 is 23.9 Å². The van der Waals surface area contributed by atoms with Gasteiger partial charge in [-0.05, 0) is 26.7 Å². The van der Waals surface area contributed by atoms with Crippen LogP contribution < -0.4 is 0 Å². The number of hydrogen-bond acceptors (Lipinski definition) is 5. The van der Waals surface area contributed by atoms with Gasteiger partial charge >= 0.3 is 11.9 Å². The Morgan fingerprint density at radius 3 is 1.82 bits per heavy atom. The summed E-state index contributed by atoms with van der Waals surface area (Å²) in [7, 11) is 0. The van der Waals surface area contributed by atoms with Crippen LogP contribution in [0.25, 0.3) is 0 Å². The Morgan fingerprint density at radius 1 is 1.06 bits per heavy atom. The summed E-state index contributed by atoms with van der Waals surface area (Å²) in [6.45, 7) is 3.86. The van der Waals surface area contributed by atoms with E-state index in [4.69, 9.17) is 9.47 Å². The number of esters is 2. The lowest BCUT2D eigenvalue weighted by Gasteiger charge is -2.24. The SMILES string of the molecule is CCOC(=O)C1CCCC(C(=O)OCC)C1=O. The van der Waals surface area contributed by atoms with E-state index in [0.717, 1.165) is 0 Å². The van der Waals surface area contributed by atoms with Gasteiger partial charge < -0.3 is 9.47 Å². The van der Waals surface area contributed by atoms with Crippen LogP contribution in [0.1, 0.15) is 33.1 Å². The first-order chi connectivity index (χ1) is 8.11. The van der Waals surface area contributed by atoms with Gasteiger partial charge in [0.15, 0.2) is 5.78 Å². The van der Waals surface area contributed by atoms with Gasteiger partial charge in [0.1, 0.15) is 11.8 Å². The minimum absolute atomic E-state index is 0.243. The molecule has 0 aromatic heterocycles. The standard InChI is InChI=1S/C12H18O5/c1-3-16-11(14)8-6-5-7-9(10(8)13)12(15)17-4-2/h8-9H,3-7H2,1-2H3. The van der Waals surface area contributed by atoms with Crippen molar-refractivity contribution in [2.45, 2.75) is 33.1 Å². The van der Waals surface area contributed by atoms with Crippen LogP contribution in [0.4, 0.5) is 0 Å². The minimum Gasteiger partial charge on any atom is -0.465 e. The second-order valence-electron chi connectivity index (χ2n) is 3.94. The van der Waals surface area contributed by atoms with Crippen molar-refractivity contribution in [3.63, 3.8) is 0 Å². The molecule has 0 aromatic rings. The normalized spacial score (nSPS) is 24.2. The molecule has 1 aliphatic rings. The highest BCUT2D eigenvalue weighted by Crippen LogP contribution is 2.27. The highest BCUT2D eigenvalue weighted by molar-refractivity contribution is 6.08. The van der Waals surface area contributed by atoms with E-state index in [2.05, 4.69) is 0 Å². The Hall–Kier alpha value is -1.39. The second-order valence-corrected chi connectivity index (χ2v) is 3.94. The molecule has 0 aromatic carbocycles. The number of Topliss-reactive ketones (excluding diaryl/α,β-unsaturated/α-hetero) is 1. The molecule has 2 unspecified atom stereocenters. The van der Waals surface area contributed by atoms with E-state index in [1.165, 1.54) is 0 Å². The first kappa shape index (κ1) is 13.7. The van der Waals surface area contributed by atoms with Crippen molar-refractivity contribution >= 4 is 17.7 Å². The van der Waals surface area contributed by atoms with Crippen LogP contribution in [-0.4, -0.2) is 30.9 Å². The van der Waals surface area contributed by atoms with Gasteiger partial charge in [-0.2, -0.15) is 0 Å². The van der Waals surface area contributed by atoms with E-state index >= 15 is 0 Å². The summed E-state index contributed by atoms with van der Waals surface area (Å²) in [5.41, 5.74) is 0. The summed E-state index contributed by atoms with van der Waals surface area (Å²) in [5.74, 6) is -2.98. The topological polar surface area (TPSA) is 69.7 Å². The molecule has 0 spiro atoms. The molecule has 0 aliphatic heterocycles. The van der Waals surface area contributed by atoms with Crippen LogP contribution in [0.2, 0.25) is 0 Å². The molecule has 17 heavy (non-hydrogen) atoms. The maximum atomic E-state index is 12.0. The molecule has 5 heteroatoms. The Morgan fingerprint density at radius 2 is 1.47 bits per heavy atom. The fourth-order valence-electron chi connectivity index (χ4n) is 2.01. The zero-order chi connectivity index (χ0) is 12.8. The highest BCUT2D eigenvalue weighted by Gasteiger charge is 2.40. The van der Waals surface area contributed by atoms with E-state index in [-0.39, 0.29) is 19.0 Å². The average Bonchev–Trinajstić information content (AvgIpc) is 2.29. The quantitative estimate of drug-likeness (QED) is 0.545. The van der Waals surface area contributed by atoms with E-state index in [1.54, 1.807) is 13.8 Å². The lowest BCUT2D eigenvalue weighted by molar-refractivity contribution is -0.159. The van der Waals surface area contributed by atoms with Crippen molar-refractivity contribution in [2.24, 2.45) is 11.8 Å². The van der Waals surface area contributed by atoms with Gasteiger partial charge in [0.05, 0.1) is 13.2 Å². The molecule has 96 valence electrons. The first-order valence-electron chi connectivity index (χ1n) is 5.98. The van der Waals surface area contributed by atoms with E-state index < -0.39 is 23.8 Å². The summed E-state index contributed by atoms with van der Waals surface area (Å²) in [6.07, 6.45) is 1.60. The molecular weight excluding hydrogens is 224 g/mol. The Kier molecular flexibility index (Phi) is 5.12. The predicted octanol–water partition coefficient (Wildman–Crippen LogP) is 1.10. The molecule has 1 aliphatic carbocycles. The zero-order valence-electron chi connectivity index (χ0n) is 10.2. The van der Waals surface area contributed by atoms with Gasteiger partial charge in [-0.3, -0.25) is 14.4 Å². The number of hydrogen-bond donors (Lipinski definition) is 0. The van der Waals surface area contributed by atoms with Crippen LogP contribution in [0.15, 0.2) is 0 Å². The largest absolute Gasteiger partial charge is 0.465 e. The molecule has 0 amide bonds. The van der Waals surface area contributed by atoms with Crippen LogP contribution >= 0.6 is 0 Å². The second kappa shape index (κ2) is 6.37. The number of ether oxygens (including phenoxy) is 2. The summed E-state index contributed by atoms with van der Waals surface area (Å²) < 4.78 is 9.66. The molecule has 2 atom stereocenters. The number of rotatable bonds is 4. The van der Waals surface area contributed by atoms with Gasteiger partial charge in [0, 0.05) is 0 Å². The van der Waals surface area contributed by atoms with Crippen molar-refractivity contribution in [3.8, 4) is 0 Å². The number of carbonyl (C=O) groups is 3. The summed E-state index contributed by atoms with van der Waals surface area (Å²) >= 11 is 0. The predicted molar refractivity (Wildman–Crippen MR) is 59.1 cm³/mol. The number of carbonyl (C=O) groups excluding carboxylic acids is 3. The lowest BCUT2D eigenvalue weighted by Crippen LogP contribution is -2.39. The summed E-state index contributed by atoms with van der Waals surface area (Å²) in [6, 6.07) is 0. The molecule has 1 rings (SSSR count). The minimum atomic E-state index is -0.793. The van der Waals surface area contributed by atoms with Crippen molar-refractivity contribution in [1.29, 1.82) is 0 Å². The van der Waals surface area contributed by atoms with Crippen LogP contribution in [0.5, 0.6) is 0 Å². The molecule has 0 N–H and O–H groups in total. The van der Waals surface area contributed by atoms with E-state index in [1.807, 2.05) is 0 Å². The Bertz CT molecular complexity index is 282. The fraction of sp³-hybridized carbons (Fsp3) is 0.750. The molecule has 0 bridgehead atoms. The number of ketones is 1. The van der Waals surface area contributed by atoms with E-state index in [0.29, 0.717) is 19.3 Å². The highest BCUT2D eigenvalue weighted by atomic mass is 16.5. The van der Waals surface area contributed by atoms with E-state index in [9.17, 15) is 14.4 Å². The van der Waals surface area contributed by atoms with Gasteiger partial charge in [0.2, 0.25) is 0 Å². The molecule has 5 nitrogen and oxygen atoms in total. The zero-order valence-corrected chi connectivity index (χ0v) is 10.2. The van der Waals surface area contributed by atoms with Crippen LogP contribution in [0.3, 0.4) is 0 Å². The third-order valence-corrected chi connectivity index (χ3v) is 2.81. The first-order valence-corrected chi connectivity index (χ1v) is 5.98. The monoisotopic (exact) mass is 242 g/mol. The van der Waals surface area contributed by atoms with Gasteiger partial charge in [0.25, 0.3) is 0 Å². The van der Waals surface area contributed by atoms with Gasteiger partial charge in [-0.15, -0.1) is 0 Å². The maximum absolute atomic E-state index is 12.0. The summed E-state index contributed by atoms with van der Waals surface area (Å²) in [4.78, 5) is 35.0. The Balaban J connectivity index is 2.68. The maximum Gasteiger partial charge on any atom is 0.316 e. The van der Waals surface area contributed by atoms with Gasteiger partial charge in [-0.1, -0.05) is 6.42 Å². The molecule has 0 saturated heterocycles. The van der Waals surface area contributed by atoms with Crippen molar-refractivity contribution in [2.75, 3.05) is 13.2 Å². The fourth-order valence-corrected chi connectivity index (χ4v) is 2.01. The van der Waals surface area contributed by atoms with Crippen LogP contribution in [0, 0.1) is 11.8 Å². The molecule has 1 saturated carbocycles. The molecular formula is C12H18O5. The van der Waals surface area contributed by atoms with Gasteiger partial charge in [-0.25, -0.2) is 0 Å². The molecule has 0 radical (unpaired) electrons. The van der Waals surface area contributed by atoms with Crippen molar-refractivity contribution in [1.82, 2.24) is 0 Å². The smallest absolute Gasteiger partial charge is 0.316 e. The lowest BCUT2D eigenvalue weighted by atomic mass is 9.80. The van der Waals surface area contributed by atoms with Crippen LogP contribution in [-0.2, 0) is 23.9 Å². The Labute approximate surface area is 100 Å². The average molecular weight is 242 g/mol. The molecule has 0 heterocycles. The molecule has 1 fully saturated rings.